The average Bonchev–Trinajstić information content (AvgIpc) is 2.68. The number of H-pyrrole nitrogens is 1. The van der Waals surface area contributed by atoms with E-state index in [0.717, 1.165) is 35.5 Å². The Bertz CT molecular complexity index is 505. The zero-order valence-corrected chi connectivity index (χ0v) is 10.0. The van der Waals surface area contributed by atoms with E-state index < -0.39 is 0 Å². The first kappa shape index (κ1) is 11.8. The molecule has 1 aromatic carbocycles. The quantitative estimate of drug-likeness (QED) is 0.850. The summed E-state index contributed by atoms with van der Waals surface area (Å²) in [5.41, 5.74) is 3.83. The highest BCUT2D eigenvalue weighted by atomic mass is 19.1. The van der Waals surface area contributed by atoms with Crippen molar-refractivity contribution in [1.29, 1.82) is 0 Å². The number of nitrogens with one attached hydrogen (secondary N) is 2. The number of benzene rings is 1. The number of likely N-dealkylation sites (N-methyl/N-ethyl adjacent to an activating group) is 1. The van der Waals surface area contributed by atoms with Crippen LogP contribution in [0, 0.1) is 12.7 Å². The van der Waals surface area contributed by atoms with Crippen molar-refractivity contribution in [2.45, 2.75) is 13.3 Å². The second-order valence-corrected chi connectivity index (χ2v) is 4.04. The molecule has 0 saturated carbocycles. The summed E-state index contributed by atoms with van der Waals surface area (Å²) in [5, 5.41) is 10.4. The SMILES string of the molecule is CNCCc1[nH]nc(-c2cccc(F)c2)c1C. The first-order valence-electron chi connectivity index (χ1n) is 5.66. The molecule has 4 heteroatoms. The maximum atomic E-state index is 13.1. The van der Waals surface area contributed by atoms with Gasteiger partial charge in [-0.05, 0) is 31.7 Å². The van der Waals surface area contributed by atoms with Crippen LogP contribution in [0.4, 0.5) is 4.39 Å². The Balaban J connectivity index is 2.30. The van der Waals surface area contributed by atoms with Gasteiger partial charge in [0.25, 0.3) is 0 Å². The van der Waals surface area contributed by atoms with E-state index in [1.54, 1.807) is 6.07 Å². The van der Waals surface area contributed by atoms with Crippen LogP contribution in [0.15, 0.2) is 24.3 Å². The van der Waals surface area contributed by atoms with Crippen molar-refractivity contribution in [1.82, 2.24) is 15.5 Å². The van der Waals surface area contributed by atoms with Crippen LogP contribution in [0.2, 0.25) is 0 Å². The molecule has 90 valence electrons. The molecule has 0 atom stereocenters. The van der Waals surface area contributed by atoms with Gasteiger partial charge in [0.05, 0.1) is 5.69 Å². The first-order valence-corrected chi connectivity index (χ1v) is 5.66. The third kappa shape index (κ3) is 2.53. The highest BCUT2D eigenvalue weighted by molar-refractivity contribution is 5.63. The summed E-state index contributed by atoms with van der Waals surface area (Å²) in [5.74, 6) is -0.235. The van der Waals surface area contributed by atoms with Gasteiger partial charge in [0.1, 0.15) is 5.82 Å². The van der Waals surface area contributed by atoms with Crippen LogP contribution in [-0.4, -0.2) is 23.8 Å². The van der Waals surface area contributed by atoms with Gasteiger partial charge in [-0.3, -0.25) is 5.10 Å². The molecule has 0 fully saturated rings. The average molecular weight is 233 g/mol. The Morgan fingerprint density at radius 2 is 2.24 bits per heavy atom. The Kier molecular flexibility index (Phi) is 3.54. The van der Waals surface area contributed by atoms with Gasteiger partial charge in [0.2, 0.25) is 0 Å². The zero-order valence-electron chi connectivity index (χ0n) is 10.0. The molecule has 0 spiro atoms. The van der Waals surface area contributed by atoms with E-state index in [0.29, 0.717) is 0 Å². The molecule has 1 heterocycles. The van der Waals surface area contributed by atoms with E-state index in [1.165, 1.54) is 12.1 Å². The number of rotatable bonds is 4. The van der Waals surface area contributed by atoms with Gasteiger partial charge in [0.15, 0.2) is 0 Å². The predicted molar refractivity (Wildman–Crippen MR) is 66.3 cm³/mol. The maximum Gasteiger partial charge on any atom is 0.123 e. The minimum absolute atomic E-state index is 0.235. The summed E-state index contributed by atoms with van der Waals surface area (Å²) in [6, 6.07) is 6.51. The van der Waals surface area contributed by atoms with Crippen molar-refractivity contribution in [3.63, 3.8) is 0 Å². The third-order valence-electron chi connectivity index (χ3n) is 2.83. The monoisotopic (exact) mass is 233 g/mol. The van der Waals surface area contributed by atoms with Crippen molar-refractivity contribution in [2.75, 3.05) is 13.6 Å². The molecule has 17 heavy (non-hydrogen) atoms. The van der Waals surface area contributed by atoms with E-state index in [1.807, 2.05) is 20.0 Å². The number of hydrogen-bond acceptors (Lipinski definition) is 2. The summed E-state index contributed by atoms with van der Waals surface area (Å²) in [6.07, 6.45) is 0.894. The van der Waals surface area contributed by atoms with Crippen LogP contribution < -0.4 is 5.32 Å². The Hall–Kier alpha value is -1.68. The van der Waals surface area contributed by atoms with Gasteiger partial charge in [0, 0.05) is 24.2 Å². The number of halogens is 1. The number of aromatic amines is 1. The van der Waals surface area contributed by atoms with Crippen molar-refractivity contribution < 1.29 is 4.39 Å². The van der Waals surface area contributed by atoms with Gasteiger partial charge < -0.3 is 5.32 Å². The summed E-state index contributed by atoms with van der Waals surface area (Å²) in [7, 11) is 1.92. The molecule has 0 amide bonds. The van der Waals surface area contributed by atoms with Crippen LogP contribution in [-0.2, 0) is 6.42 Å². The van der Waals surface area contributed by atoms with Crippen molar-refractivity contribution in [3.05, 3.63) is 41.3 Å². The summed E-state index contributed by atoms with van der Waals surface area (Å²) in [6.45, 7) is 2.90. The molecule has 1 aromatic heterocycles. The van der Waals surface area contributed by atoms with Crippen molar-refractivity contribution in [3.8, 4) is 11.3 Å². The highest BCUT2D eigenvalue weighted by Gasteiger charge is 2.10. The first-order chi connectivity index (χ1) is 8.22. The molecule has 2 rings (SSSR count). The summed E-state index contributed by atoms with van der Waals surface area (Å²) in [4.78, 5) is 0. The molecule has 0 aliphatic rings. The molecule has 0 saturated heterocycles. The maximum absolute atomic E-state index is 13.1. The number of hydrogen-bond donors (Lipinski definition) is 2. The summed E-state index contributed by atoms with van der Waals surface area (Å²) >= 11 is 0. The lowest BCUT2D eigenvalue weighted by Crippen LogP contribution is -2.11. The molecular weight excluding hydrogens is 217 g/mol. The molecule has 0 unspecified atom stereocenters. The van der Waals surface area contributed by atoms with Crippen LogP contribution in [0.25, 0.3) is 11.3 Å². The molecule has 0 radical (unpaired) electrons. The molecule has 0 aliphatic heterocycles. The molecular formula is C13H16FN3. The molecule has 2 N–H and O–H groups in total. The Labute approximate surface area is 100 Å². The Morgan fingerprint density at radius 3 is 2.94 bits per heavy atom. The lowest BCUT2D eigenvalue weighted by atomic mass is 10.1. The predicted octanol–water partition coefficient (Wildman–Crippen LogP) is 2.29. The Morgan fingerprint density at radius 1 is 1.41 bits per heavy atom. The lowest BCUT2D eigenvalue weighted by Gasteiger charge is -2.01. The molecule has 0 aliphatic carbocycles. The zero-order chi connectivity index (χ0) is 12.3. The van der Waals surface area contributed by atoms with Gasteiger partial charge in [-0.25, -0.2) is 4.39 Å². The van der Waals surface area contributed by atoms with Crippen molar-refractivity contribution in [2.24, 2.45) is 0 Å². The largest absolute Gasteiger partial charge is 0.319 e. The highest BCUT2D eigenvalue weighted by Crippen LogP contribution is 2.23. The second kappa shape index (κ2) is 5.10. The topological polar surface area (TPSA) is 40.7 Å². The third-order valence-corrected chi connectivity index (χ3v) is 2.83. The van der Waals surface area contributed by atoms with E-state index in [2.05, 4.69) is 15.5 Å². The molecule has 0 bridgehead atoms. The van der Waals surface area contributed by atoms with E-state index in [-0.39, 0.29) is 5.82 Å². The fourth-order valence-corrected chi connectivity index (χ4v) is 1.84. The van der Waals surface area contributed by atoms with Gasteiger partial charge in [-0.2, -0.15) is 5.10 Å². The molecule has 3 nitrogen and oxygen atoms in total. The minimum Gasteiger partial charge on any atom is -0.319 e. The standard InChI is InChI=1S/C13H16FN3/c1-9-12(6-7-15-2)16-17-13(9)10-4-3-5-11(14)8-10/h3-5,8,15H,6-7H2,1-2H3,(H,16,17). The fourth-order valence-electron chi connectivity index (χ4n) is 1.84. The number of aromatic nitrogens is 2. The normalized spacial score (nSPS) is 10.8. The van der Waals surface area contributed by atoms with E-state index >= 15 is 0 Å². The summed E-state index contributed by atoms with van der Waals surface area (Å²) < 4.78 is 13.1. The second-order valence-electron chi connectivity index (χ2n) is 4.04. The minimum atomic E-state index is -0.235. The van der Waals surface area contributed by atoms with Crippen LogP contribution in [0.5, 0.6) is 0 Å². The molecule has 2 aromatic rings. The van der Waals surface area contributed by atoms with Crippen LogP contribution in [0.1, 0.15) is 11.3 Å². The number of nitrogens with zero attached hydrogens (tertiary/aromatic N) is 1. The van der Waals surface area contributed by atoms with E-state index in [9.17, 15) is 4.39 Å². The lowest BCUT2D eigenvalue weighted by molar-refractivity contribution is 0.628. The van der Waals surface area contributed by atoms with E-state index in [4.69, 9.17) is 0 Å². The fraction of sp³-hybridized carbons (Fsp3) is 0.308. The van der Waals surface area contributed by atoms with Gasteiger partial charge in [-0.1, -0.05) is 12.1 Å². The van der Waals surface area contributed by atoms with Crippen LogP contribution in [0.3, 0.4) is 0 Å². The van der Waals surface area contributed by atoms with Gasteiger partial charge >= 0.3 is 0 Å². The van der Waals surface area contributed by atoms with Crippen LogP contribution >= 0.6 is 0 Å². The van der Waals surface area contributed by atoms with Crippen molar-refractivity contribution >= 4 is 0 Å². The smallest absolute Gasteiger partial charge is 0.123 e. The van der Waals surface area contributed by atoms with Gasteiger partial charge in [-0.15, -0.1) is 0 Å².